The first-order valence-corrected chi connectivity index (χ1v) is 9.50. The van der Waals surface area contributed by atoms with Gasteiger partial charge >= 0.3 is 0 Å². The zero-order chi connectivity index (χ0) is 20.2. The fourth-order valence-corrected chi connectivity index (χ4v) is 3.36. The van der Waals surface area contributed by atoms with Crippen molar-refractivity contribution in [3.63, 3.8) is 0 Å². The number of hydrogen-bond acceptors (Lipinski definition) is 6. The molecule has 0 bridgehead atoms. The van der Waals surface area contributed by atoms with E-state index in [1.54, 1.807) is 11.1 Å². The highest BCUT2D eigenvalue weighted by Gasteiger charge is 2.34. The average molecular weight is 390 g/mol. The number of carbonyl (C=O) groups excluding carboxylic acids is 1. The first-order valence-electron chi connectivity index (χ1n) is 9.50. The Kier molecular flexibility index (Phi) is 5.39. The van der Waals surface area contributed by atoms with Crippen LogP contribution in [0.2, 0.25) is 0 Å². The van der Waals surface area contributed by atoms with Crippen LogP contribution in [0.15, 0.2) is 71.0 Å². The number of benzene rings is 2. The van der Waals surface area contributed by atoms with Gasteiger partial charge in [0.2, 0.25) is 5.89 Å². The number of nitrogens with one attached hydrogen (secondary N) is 1. The van der Waals surface area contributed by atoms with Gasteiger partial charge in [-0.2, -0.15) is 4.98 Å². The number of amides is 1. The molecule has 1 aromatic heterocycles. The van der Waals surface area contributed by atoms with Crippen molar-refractivity contribution in [3.8, 4) is 11.1 Å². The molecular formula is C22H22N4O3. The summed E-state index contributed by atoms with van der Waals surface area (Å²) in [4.78, 5) is 24.3. The van der Waals surface area contributed by atoms with Crippen molar-refractivity contribution in [2.75, 3.05) is 7.11 Å². The molecule has 2 aromatic carbocycles. The Balaban J connectivity index is 1.60. The summed E-state index contributed by atoms with van der Waals surface area (Å²) in [6.45, 7) is 1.94. The first-order chi connectivity index (χ1) is 14.2. The van der Waals surface area contributed by atoms with Crippen LogP contribution in [0.1, 0.15) is 41.5 Å². The van der Waals surface area contributed by atoms with Crippen molar-refractivity contribution in [1.29, 1.82) is 0 Å². The van der Waals surface area contributed by atoms with Gasteiger partial charge in [-0.15, -0.1) is 0 Å². The van der Waals surface area contributed by atoms with E-state index < -0.39 is 0 Å². The monoisotopic (exact) mass is 390 g/mol. The average Bonchev–Trinajstić information content (AvgIpc) is 3.41. The van der Waals surface area contributed by atoms with Gasteiger partial charge in [0, 0.05) is 24.6 Å². The molecule has 1 N–H and O–H groups in total. The van der Waals surface area contributed by atoms with Crippen molar-refractivity contribution in [2.24, 2.45) is 0 Å². The van der Waals surface area contributed by atoms with Gasteiger partial charge in [-0.1, -0.05) is 54.5 Å². The number of hydrogen-bond donors (Lipinski definition) is 1. The Morgan fingerprint density at radius 3 is 2.55 bits per heavy atom. The second-order valence-corrected chi connectivity index (χ2v) is 6.74. The van der Waals surface area contributed by atoms with Crippen LogP contribution in [-0.2, 0) is 11.3 Å². The Morgan fingerprint density at radius 2 is 1.90 bits per heavy atom. The highest BCUT2D eigenvalue weighted by Crippen LogP contribution is 2.33. The van der Waals surface area contributed by atoms with Crippen molar-refractivity contribution < 1.29 is 14.2 Å². The van der Waals surface area contributed by atoms with Crippen LogP contribution >= 0.6 is 0 Å². The van der Waals surface area contributed by atoms with E-state index in [1.165, 1.54) is 7.11 Å². The molecule has 0 saturated carbocycles. The zero-order valence-corrected chi connectivity index (χ0v) is 16.3. The summed E-state index contributed by atoms with van der Waals surface area (Å²) >= 11 is 0. The third-order valence-electron chi connectivity index (χ3n) is 4.83. The van der Waals surface area contributed by atoms with Gasteiger partial charge in [0.25, 0.3) is 5.91 Å². The minimum absolute atomic E-state index is 0.134. The van der Waals surface area contributed by atoms with Crippen LogP contribution in [0.4, 0.5) is 0 Å². The van der Waals surface area contributed by atoms with Crippen molar-refractivity contribution >= 4 is 5.91 Å². The zero-order valence-electron chi connectivity index (χ0n) is 16.3. The summed E-state index contributed by atoms with van der Waals surface area (Å²) in [6, 6.07) is 17.3. The lowest BCUT2D eigenvalue weighted by Crippen LogP contribution is -2.28. The van der Waals surface area contributed by atoms with Gasteiger partial charge in [0.1, 0.15) is 6.04 Å². The molecule has 1 aliphatic heterocycles. The molecule has 1 unspecified atom stereocenters. The summed E-state index contributed by atoms with van der Waals surface area (Å²) in [5, 5.41) is 4.06. The Hall–Kier alpha value is -3.45. The summed E-state index contributed by atoms with van der Waals surface area (Å²) in [6.07, 6.45) is 2.90. The summed E-state index contributed by atoms with van der Waals surface area (Å²) in [5.74, 6) is 0.901. The molecule has 3 aromatic rings. The molecule has 0 aliphatic carbocycles. The SMILES string of the molecule is CCc1nc(C2CC(NOC)=CN2C(=O)c2ccc(-c3ccccc3)cc2)no1. The van der Waals surface area contributed by atoms with E-state index in [2.05, 4.69) is 15.6 Å². The number of rotatable bonds is 6. The van der Waals surface area contributed by atoms with Crippen molar-refractivity contribution in [1.82, 2.24) is 20.5 Å². The number of hydroxylamine groups is 1. The van der Waals surface area contributed by atoms with E-state index in [-0.39, 0.29) is 11.9 Å². The molecule has 0 spiro atoms. The maximum Gasteiger partial charge on any atom is 0.258 e. The van der Waals surface area contributed by atoms with Gasteiger partial charge in [-0.3, -0.25) is 15.1 Å². The third-order valence-corrected chi connectivity index (χ3v) is 4.83. The smallest absolute Gasteiger partial charge is 0.258 e. The molecule has 1 amide bonds. The summed E-state index contributed by atoms with van der Waals surface area (Å²) < 4.78 is 5.25. The molecule has 1 aliphatic rings. The quantitative estimate of drug-likeness (QED) is 0.644. The number of carbonyl (C=O) groups is 1. The van der Waals surface area contributed by atoms with Gasteiger partial charge < -0.3 is 9.42 Å². The lowest BCUT2D eigenvalue weighted by atomic mass is 10.0. The van der Waals surface area contributed by atoms with Crippen LogP contribution < -0.4 is 5.48 Å². The molecule has 2 heterocycles. The lowest BCUT2D eigenvalue weighted by Gasteiger charge is -2.21. The van der Waals surface area contributed by atoms with Crippen LogP contribution in [0, 0.1) is 0 Å². The van der Waals surface area contributed by atoms with Crippen LogP contribution in [0.3, 0.4) is 0 Å². The molecule has 7 nitrogen and oxygen atoms in total. The Bertz CT molecular complexity index is 1010. The molecule has 148 valence electrons. The molecule has 29 heavy (non-hydrogen) atoms. The Labute approximate surface area is 168 Å². The normalized spacial score (nSPS) is 16.0. The maximum atomic E-state index is 13.2. The summed E-state index contributed by atoms with van der Waals surface area (Å²) in [5.41, 5.74) is 6.34. The predicted octanol–water partition coefficient (Wildman–Crippen LogP) is 3.88. The summed E-state index contributed by atoms with van der Waals surface area (Å²) in [7, 11) is 1.53. The molecule has 0 saturated heterocycles. The minimum Gasteiger partial charge on any atom is -0.339 e. The number of aromatic nitrogens is 2. The van der Waals surface area contributed by atoms with E-state index in [0.717, 1.165) is 16.8 Å². The van der Waals surface area contributed by atoms with Gasteiger partial charge in [-0.25, -0.2) is 0 Å². The van der Waals surface area contributed by atoms with Gasteiger partial charge in [-0.05, 0) is 23.3 Å². The maximum absolute atomic E-state index is 13.2. The van der Waals surface area contributed by atoms with Crippen molar-refractivity contribution in [2.45, 2.75) is 25.8 Å². The fraction of sp³-hybridized carbons (Fsp3) is 0.227. The van der Waals surface area contributed by atoms with E-state index in [4.69, 9.17) is 9.36 Å². The van der Waals surface area contributed by atoms with Gasteiger partial charge in [0.05, 0.1) is 12.8 Å². The van der Waals surface area contributed by atoms with E-state index >= 15 is 0 Å². The molecule has 1 atom stereocenters. The van der Waals surface area contributed by atoms with E-state index in [1.807, 2.05) is 61.5 Å². The van der Waals surface area contributed by atoms with E-state index in [9.17, 15) is 4.79 Å². The Morgan fingerprint density at radius 1 is 1.17 bits per heavy atom. The predicted molar refractivity (Wildman–Crippen MR) is 107 cm³/mol. The third kappa shape index (κ3) is 3.90. The highest BCUT2D eigenvalue weighted by atomic mass is 16.6. The molecular weight excluding hydrogens is 368 g/mol. The van der Waals surface area contributed by atoms with E-state index in [0.29, 0.717) is 30.1 Å². The lowest BCUT2D eigenvalue weighted by molar-refractivity contribution is 0.0777. The number of aryl methyl sites for hydroxylation is 1. The second-order valence-electron chi connectivity index (χ2n) is 6.74. The molecule has 4 rings (SSSR count). The highest BCUT2D eigenvalue weighted by molar-refractivity contribution is 5.96. The van der Waals surface area contributed by atoms with Gasteiger partial charge in [0.15, 0.2) is 5.82 Å². The molecule has 0 fully saturated rings. The minimum atomic E-state index is -0.349. The standard InChI is InChI=1S/C22H22N4O3/c1-3-20-23-21(25-29-20)19-13-18(24-28-2)14-26(19)22(27)17-11-9-16(10-12-17)15-7-5-4-6-8-15/h4-12,14,19,24H,3,13H2,1-2H3. The van der Waals surface area contributed by atoms with Crippen LogP contribution in [0.5, 0.6) is 0 Å². The van der Waals surface area contributed by atoms with Crippen LogP contribution in [0.25, 0.3) is 11.1 Å². The molecule has 0 radical (unpaired) electrons. The van der Waals surface area contributed by atoms with Crippen LogP contribution in [-0.4, -0.2) is 28.1 Å². The topological polar surface area (TPSA) is 80.5 Å². The second kappa shape index (κ2) is 8.28. The largest absolute Gasteiger partial charge is 0.339 e. The van der Waals surface area contributed by atoms with Crippen molar-refractivity contribution in [3.05, 3.63) is 83.8 Å². The first kappa shape index (κ1) is 18.9. The number of nitrogens with zero attached hydrogens (tertiary/aromatic N) is 3. The fourth-order valence-electron chi connectivity index (χ4n) is 3.36. The molecule has 7 heteroatoms.